The van der Waals surface area contributed by atoms with E-state index in [4.69, 9.17) is 32.7 Å². The third kappa shape index (κ3) is 8.90. The van der Waals surface area contributed by atoms with Crippen LogP contribution in [0.2, 0.25) is 10.0 Å². The van der Waals surface area contributed by atoms with Gasteiger partial charge in [-0.05, 0) is 56.1 Å². The van der Waals surface area contributed by atoms with Crippen molar-refractivity contribution in [2.75, 3.05) is 46.2 Å². The number of halogens is 2. The molecule has 0 saturated carbocycles. The molecule has 3 aromatic rings. The summed E-state index contributed by atoms with van der Waals surface area (Å²) in [5, 5.41) is 6.39. The first-order chi connectivity index (χ1) is 18.3. The van der Waals surface area contributed by atoms with Crippen LogP contribution in [-0.2, 0) is 22.4 Å². The summed E-state index contributed by atoms with van der Waals surface area (Å²) < 4.78 is 10.8. The smallest absolute Gasteiger partial charge is 0.328 e. The number of methoxy groups -OCH3 is 1. The van der Waals surface area contributed by atoms with Crippen LogP contribution in [-0.4, -0.2) is 68.7 Å². The second-order valence-corrected chi connectivity index (χ2v) is 9.65. The predicted octanol–water partition coefficient (Wildman–Crippen LogP) is 4.50. The predicted molar refractivity (Wildman–Crippen MR) is 150 cm³/mol. The van der Waals surface area contributed by atoms with Crippen molar-refractivity contribution in [1.29, 1.82) is 0 Å². The van der Waals surface area contributed by atoms with E-state index in [1.807, 2.05) is 56.6 Å². The topological polar surface area (TPSA) is 92.8 Å². The second-order valence-electron chi connectivity index (χ2n) is 8.84. The molecule has 0 fully saturated rings. The number of anilines is 1. The molecule has 0 aliphatic rings. The fourth-order valence-electron chi connectivity index (χ4n) is 3.64. The lowest BCUT2D eigenvalue weighted by Gasteiger charge is -2.18. The molecule has 1 heterocycles. The zero-order chi connectivity index (χ0) is 27.5. The Bertz CT molecular complexity index is 1200. The van der Waals surface area contributed by atoms with Gasteiger partial charge in [0.2, 0.25) is 0 Å². The van der Waals surface area contributed by atoms with Crippen LogP contribution in [0.25, 0.3) is 0 Å². The Kier molecular flexibility index (Phi) is 11.2. The van der Waals surface area contributed by atoms with Gasteiger partial charge in [0.15, 0.2) is 0 Å². The van der Waals surface area contributed by atoms with E-state index in [1.165, 1.54) is 7.11 Å². The van der Waals surface area contributed by atoms with Crippen LogP contribution in [0, 0.1) is 0 Å². The van der Waals surface area contributed by atoms with Gasteiger partial charge in [-0.2, -0.15) is 0 Å². The van der Waals surface area contributed by atoms with E-state index in [0.717, 1.165) is 30.2 Å². The van der Waals surface area contributed by atoms with Crippen LogP contribution in [0.4, 0.5) is 5.82 Å². The van der Waals surface area contributed by atoms with Gasteiger partial charge in [-0.1, -0.05) is 47.5 Å². The minimum atomic E-state index is -0.920. The van der Waals surface area contributed by atoms with E-state index < -0.39 is 17.9 Å². The van der Waals surface area contributed by atoms with E-state index in [-0.39, 0.29) is 22.0 Å². The largest absolute Gasteiger partial charge is 0.493 e. The van der Waals surface area contributed by atoms with E-state index >= 15 is 0 Å². The monoisotopic (exact) mass is 558 g/mol. The molecule has 0 aliphatic carbocycles. The summed E-state index contributed by atoms with van der Waals surface area (Å²) in [5.41, 5.74) is 1.86. The molecule has 8 nitrogen and oxygen atoms in total. The van der Waals surface area contributed by atoms with E-state index in [2.05, 4.69) is 20.5 Å². The Hall–Kier alpha value is -3.33. The summed E-state index contributed by atoms with van der Waals surface area (Å²) >= 11 is 12.3. The molecule has 1 atom stereocenters. The molecular weight excluding hydrogens is 527 g/mol. The van der Waals surface area contributed by atoms with Gasteiger partial charge < -0.3 is 25.0 Å². The number of likely N-dealkylation sites (N-methyl/N-ethyl adjacent to an activating group) is 1. The Morgan fingerprint density at radius 1 is 1.00 bits per heavy atom. The van der Waals surface area contributed by atoms with E-state index in [0.29, 0.717) is 18.8 Å². The molecule has 0 unspecified atom stereocenters. The molecule has 0 radical (unpaired) electrons. The zero-order valence-electron chi connectivity index (χ0n) is 21.7. The SMILES string of the molecule is COC(=O)[C@H](Cc1ccc(OCCc2cccc(NCCN(C)C)n2)cc1)NC(=O)c1c(Cl)cccc1Cl. The number of hydrogen-bond acceptors (Lipinski definition) is 7. The van der Waals surface area contributed by atoms with Gasteiger partial charge in [-0.15, -0.1) is 0 Å². The molecule has 202 valence electrons. The zero-order valence-corrected chi connectivity index (χ0v) is 23.2. The molecule has 2 N–H and O–H groups in total. The van der Waals surface area contributed by atoms with E-state index in [1.54, 1.807) is 18.2 Å². The standard InChI is InChI=1S/C28H32Cl2N4O4/c1-34(2)16-15-31-25-9-4-6-20(32-25)14-17-38-21-12-10-19(11-13-21)18-24(28(36)37-3)33-27(35)26-22(29)7-5-8-23(26)30/h4-13,24H,14-18H2,1-3H3,(H,31,32)(H,33,35)/t24-/m0/s1. The van der Waals surface area contributed by atoms with Crippen molar-refractivity contribution in [1.82, 2.24) is 15.2 Å². The number of pyridine rings is 1. The fourth-order valence-corrected chi connectivity index (χ4v) is 4.21. The summed E-state index contributed by atoms with van der Waals surface area (Å²) in [7, 11) is 5.33. The molecule has 10 heteroatoms. The molecule has 0 saturated heterocycles. The second kappa shape index (κ2) is 14.6. The number of rotatable bonds is 13. The van der Waals surface area contributed by atoms with Crippen molar-refractivity contribution >= 4 is 40.9 Å². The van der Waals surface area contributed by atoms with Gasteiger partial charge in [0.25, 0.3) is 5.91 Å². The first-order valence-corrected chi connectivity index (χ1v) is 12.9. The van der Waals surface area contributed by atoms with Crippen molar-refractivity contribution in [3.05, 3.63) is 87.5 Å². The molecule has 3 rings (SSSR count). The quantitative estimate of drug-likeness (QED) is 0.298. The van der Waals surface area contributed by atoms with Gasteiger partial charge in [-0.3, -0.25) is 4.79 Å². The minimum Gasteiger partial charge on any atom is -0.493 e. The number of nitrogens with one attached hydrogen (secondary N) is 2. The maximum Gasteiger partial charge on any atom is 0.328 e. The summed E-state index contributed by atoms with van der Waals surface area (Å²) in [6, 6.07) is 17.1. The highest BCUT2D eigenvalue weighted by Gasteiger charge is 2.25. The molecular formula is C28H32Cl2N4O4. The maximum absolute atomic E-state index is 12.8. The third-order valence-corrected chi connectivity index (χ3v) is 6.27. The molecule has 1 amide bonds. The van der Waals surface area contributed by atoms with Gasteiger partial charge in [0, 0.05) is 31.6 Å². The lowest BCUT2D eigenvalue weighted by Crippen LogP contribution is -2.43. The van der Waals surface area contributed by atoms with Crippen LogP contribution < -0.4 is 15.4 Å². The highest BCUT2D eigenvalue weighted by Crippen LogP contribution is 2.24. The molecule has 0 aliphatic heterocycles. The van der Waals surface area contributed by atoms with Crippen LogP contribution in [0.1, 0.15) is 21.6 Å². The Balaban J connectivity index is 1.54. The number of hydrogen-bond donors (Lipinski definition) is 2. The molecule has 2 aromatic carbocycles. The Morgan fingerprint density at radius 2 is 1.68 bits per heavy atom. The lowest BCUT2D eigenvalue weighted by molar-refractivity contribution is -0.142. The maximum atomic E-state index is 12.8. The number of carbonyl (C=O) groups is 2. The van der Waals surface area contributed by atoms with Crippen molar-refractivity contribution in [3.63, 3.8) is 0 Å². The van der Waals surface area contributed by atoms with Gasteiger partial charge in [0.05, 0.1) is 29.3 Å². The van der Waals surface area contributed by atoms with E-state index in [9.17, 15) is 9.59 Å². The van der Waals surface area contributed by atoms with Crippen LogP contribution in [0.3, 0.4) is 0 Å². The van der Waals surface area contributed by atoms with Gasteiger partial charge in [-0.25, -0.2) is 9.78 Å². The molecule has 1 aromatic heterocycles. The average molecular weight is 559 g/mol. The van der Waals surface area contributed by atoms with Crippen LogP contribution >= 0.6 is 23.2 Å². The number of aromatic nitrogens is 1. The number of carbonyl (C=O) groups excluding carboxylic acids is 2. The minimum absolute atomic E-state index is 0.109. The van der Waals surface area contributed by atoms with Crippen molar-refractivity contribution in [3.8, 4) is 5.75 Å². The summed E-state index contributed by atoms with van der Waals surface area (Å²) in [6.45, 7) is 2.21. The number of amides is 1. The first-order valence-electron chi connectivity index (χ1n) is 12.2. The number of esters is 1. The molecule has 0 spiro atoms. The van der Waals surface area contributed by atoms with Crippen LogP contribution in [0.15, 0.2) is 60.7 Å². The Labute approximate surface area is 233 Å². The first kappa shape index (κ1) is 29.2. The number of nitrogens with zero attached hydrogens (tertiary/aromatic N) is 2. The highest BCUT2D eigenvalue weighted by molar-refractivity contribution is 6.39. The van der Waals surface area contributed by atoms with Crippen molar-refractivity contribution in [2.24, 2.45) is 0 Å². The summed E-state index contributed by atoms with van der Waals surface area (Å²) in [6.07, 6.45) is 0.879. The van der Waals surface area contributed by atoms with Gasteiger partial charge >= 0.3 is 5.97 Å². The number of benzene rings is 2. The third-order valence-electron chi connectivity index (χ3n) is 5.64. The highest BCUT2D eigenvalue weighted by atomic mass is 35.5. The molecule has 0 bridgehead atoms. The van der Waals surface area contributed by atoms with Crippen molar-refractivity contribution in [2.45, 2.75) is 18.9 Å². The number of ether oxygens (including phenoxy) is 2. The fraction of sp³-hybridized carbons (Fsp3) is 0.321. The summed E-state index contributed by atoms with van der Waals surface area (Å²) in [4.78, 5) is 31.9. The van der Waals surface area contributed by atoms with Crippen LogP contribution in [0.5, 0.6) is 5.75 Å². The average Bonchev–Trinajstić information content (AvgIpc) is 2.89. The molecule has 38 heavy (non-hydrogen) atoms. The summed E-state index contributed by atoms with van der Waals surface area (Å²) in [5.74, 6) is 0.405. The normalized spacial score (nSPS) is 11.6. The lowest BCUT2D eigenvalue weighted by atomic mass is 10.0. The Morgan fingerprint density at radius 3 is 2.34 bits per heavy atom. The van der Waals surface area contributed by atoms with Gasteiger partial charge in [0.1, 0.15) is 17.6 Å². The van der Waals surface area contributed by atoms with Crippen molar-refractivity contribution < 1.29 is 19.1 Å².